The predicted octanol–water partition coefficient (Wildman–Crippen LogP) is 4.86. The minimum Gasteiger partial charge on any atom is -0.304 e. The molecule has 2 unspecified atom stereocenters. The Kier molecular flexibility index (Phi) is 4.62. The van der Waals surface area contributed by atoms with E-state index in [2.05, 4.69) is 24.1 Å². The van der Waals surface area contributed by atoms with Crippen LogP contribution in [-0.4, -0.2) is 4.98 Å². The van der Waals surface area contributed by atoms with Gasteiger partial charge in [-0.1, -0.05) is 23.2 Å². The predicted molar refractivity (Wildman–Crippen MR) is 78.5 cm³/mol. The first-order valence-electron chi connectivity index (χ1n) is 5.68. The normalized spacial score (nSPS) is 14.4. The number of aromatic nitrogens is 1. The summed E-state index contributed by atoms with van der Waals surface area (Å²) >= 11 is 13.5. The molecule has 0 fully saturated rings. The summed E-state index contributed by atoms with van der Waals surface area (Å²) in [4.78, 5) is 4.02. The van der Waals surface area contributed by atoms with Crippen molar-refractivity contribution < 1.29 is 0 Å². The number of halogens is 2. The van der Waals surface area contributed by atoms with E-state index < -0.39 is 0 Å². The highest BCUT2D eigenvalue weighted by Gasteiger charge is 2.16. The van der Waals surface area contributed by atoms with E-state index in [1.165, 1.54) is 16.9 Å². The lowest BCUT2D eigenvalue weighted by Gasteiger charge is -2.20. The summed E-state index contributed by atoms with van der Waals surface area (Å²) in [7, 11) is 0. The van der Waals surface area contributed by atoms with E-state index in [4.69, 9.17) is 23.2 Å². The van der Waals surface area contributed by atoms with Crippen LogP contribution in [0.15, 0.2) is 30.6 Å². The summed E-state index contributed by atoms with van der Waals surface area (Å²) in [6, 6.07) is 6.33. The third kappa shape index (κ3) is 3.23. The molecule has 0 spiro atoms. The molecule has 2 aromatic rings. The molecule has 0 aromatic carbocycles. The Morgan fingerprint density at radius 3 is 2.39 bits per heavy atom. The van der Waals surface area contributed by atoms with Crippen LogP contribution in [0.5, 0.6) is 0 Å². The molecule has 2 nitrogen and oxygen atoms in total. The molecule has 0 bridgehead atoms. The smallest absolute Gasteiger partial charge is 0.0991 e. The highest BCUT2D eigenvalue weighted by atomic mass is 35.5. The zero-order valence-electron chi connectivity index (χ0n) is 10.2. The van der Waals surface area contributed by atoms with Gasteiger partial charge in [0.1, 0.15) is 0 Å². The molecular formula is C13H14Cl2N2S. The van der Waals surface area contributed by atoms with E-state index in [-0.39, 0.29) is 12.1 Å². The monoisotopic (exact) mass is 300 g/mol. The summed E-state index contributed by atoms with van der Waals surface area (Å²) in [5.41, 5.74) is 2.25. The fraction of sp³-hybridized carbons (Fsp3) is 0.308. The molecule has 2 heterocycles. The first-order valence-corrected chi connectivity index (χ1v) is 7.26. The second kappa shape index (κ2) is 6.02. The molecule has 0 saturated heterocycles. The summed E-state index contributed by atoms with van der Waals surface area (Å²) in [6.45, 7) is 4.20. The minimum absolute atomic E-state index is 0.157. The number of pyridine rings is 1. The molecule has 2 rings (SSSR count). The molecule has 96 valence electrons. The third-order valence-corrected chi connectivity index (χ3v) is 4.37. The van der Waals surface area contributed by atoms with Gasteiger partial charge in [0.25, 0.3) is 0 Å². The molecule has 18 heavy (non-hydrogen) atoms. The first kappa shape index (κ1) is 13.8. The van der Waals surface area contributed by atoms with Crippen molar-refractivity contribution in [1.29, 1.82) is 0 Å². The largest absolute Gasteiger partial charge is 0.304 e. The van der Waals surface area contributed by atoms with Crippen LogP contribution in [0.4, 0.5) is 0 Å². The second-order valence-electron chi connectivity index (χ2n) is 4.17. The van der Waals surface area contributed by atoms with Gasteiger partial charge in [0.05, 0.1) is 8.67 Å². The molecule has 0 radical (unpaired) electrons. The van der Waals surface area contributed by atoms with E-state index in [1.54, 1.807) is 12.4 Å². The van der Waals surface area contributed by atoms with Gasteiger partial charge >= 0.3 is 0 Å². The Labute approximate surface area is 121 Å². The zero-order valence-corrected chi connectivity index (χ0v) is 12.5. The van der Waals surface area contributed by atoms with E-state index in [1.807, 2.05) is 18.2 Å². The molecule has 0 aliphatic rings. The Hall–Kier alpha value is -0.610. The van der Waals surface area contributed by atoms with E-state index in [0.29, 0.717) is 0 Å². The Bertz CT molecular complexity index is 513. The van der Waals surface area contributed by atoms with Crippen molar-refractivity contribution in [1.82, 2.24) is 10.3 Å². The highest BCUT2D eigenvalue weighted by Crippen LogP contribution is 2.35. The lowest BCUT2D eigenvalue weighted by Crippen LogP contribution is -2.22. The number of hydrogen-bond acceptors (Lipinski definition) is 3. The van der Waals surface area contributed by atoms with Crippen molar-refractivity contribution >= 4 is 34.5 Å². The van der Waals surface area contributed by atoms with Gasteiger partial charge in [0.15, 0.2) is 0 Å². The van der Waals surface area contributed by atoms with Crippen molar-refractivity contribution in [3.05, 3.63) is 50.4 Å². The fourth-order valence-corrected chi connectivity index (χ4v) is 3.51. The van der Waals surface area contributed by atoms with Crippen LogP contribution in [0, 0.1) is 0 Å². The van der Waals surface area contributed by atoms with E-state index in [0.717, 1.165) is 14.2 Å². The molecule has 0 saturated carbocycles. The average molecular weight is 301 g/mol. The maximum absolute atomic E-state index is 6.15. The van der Waals surface area contributed by atoms with Gasteiger partial charge in [-0.3, -0.25) is 4.98 Å². The van der Waals surface area contributed by atoms with E-state index in [9.17, 15) is 0 Å². The Morgan fingerprint density at radius 2 is 1.83 bits per heavy atom. The molecule has 5 heteroatoms. The number of hydrogen-bond donors (Lipinski definition) is 1. The fourth-order valence-electron chi connectivity index (χ4n) is 1.86. The molecule has 0 aliphatic heterocycles. The Morgan fingerprint density at radius 1 is 1.17 bits per heavy atom. The molecular weight excluding hydrogens is 287 g/mol. The number of rotatable bonds is 4. The Balaban J connectivity index is 2.08. The van der Waals surface area contributed by atoms with Crippen LogP contribution in [0.1, 0.15) is 37.1 Å². The van der Waals surface area contributed by atoms with Gasteiger partial charge in [-0.2, -0.15) is 0 Å². The summed E-state index contributed by atoms with van der Waals surface area (Å²) in [5, 5.41) is 3.50. The SMILES string of the molecule is CC(NC(C)c1cc(Cl)sc1Cl)c1ccncc1. The van der Waals surface area contributed by atoms with Gasteiger partial charge in [-0.25, -0.2) is 0 Å². The molecule has 0 amide bonds. The zero-order chi connectivity index (χ0) is 13.1. The van der Waals surface area contributed by atoms with Crippen molar-refractivity contribution in [3.8, 4) is 0 Å². The maximum atomic E-state index is 6.15. The number of thiophene rings is 1. The quantitative estimate of drug-likeness (QED) is 0.872. The van der Waals surface area contributed by atoms with Gasteiger partial charge < -0.3 is 5.32 Å². The van der Waals surface area contributed by atoms with Crippen LogP contribution in [0.3, 0.4) is 0 Å². The molecule has 0 aliphatic carbocycles. The number of nitrogens with zero attached hydrogens (tertiary/aromatic N) is 1. The average Bonchev–Trinajstić information content (AvgIpc) is 2.69. The van der Waals surface area contributed by atoms with Gasteiger partial charge in [0.2, 0.25) is 0 Å². The second-order valence-corrected chi connectivity index (χ2v) is 6.46. The van der Waals surface area contributed by atoms with Crippen LogP contribution in [0.25, 0.3) is 0 Å². The number of nitrogens with one attached hydrogen (secondary N) is 1. The van der Waals surface area contributed by atoms with Crippen LogP contribution in [0.2, 0.25) is 8.67 Å². The van der Waals surface area contributed by atoms with E-state index >= 15 is 0 Å². The summed E-state index contributed by atoms with van der Waals surface area (Å²) in [6.07, 6.45) is 3.60. The van der Waals surface area contributed by atoms with Gasteiger partial charge in [-0.15, -0.1) is 11.3 Å². The third-order valence-electron chi connectivity index (χ3n) is 2.86. The lowest BCUT2D eigenvalue weighted by atomic mass is 10.1. The highest BCUT2D eigenvalue weighted by molar-refractivity contribution is 7.20. The van der Waals surface area contributed by atoms with Crippen molar-refractivity contribution in [2.75, 3.05) is 0 Å². The maximum Gasteiger partial charge on any atom is 0.0991 e. The summed E-state index contributed by atoms with van der Waals surface area (Å²) < 4.78 is 1.47. The first-order chi connectivity index (χ1) is 8.58. The molecule has 2 aromatic heterocycles. The van der Waals surface area contributed by atoms with Crippen LogP contribution < -0.4 is 5.32 Å². The standard InChI is InChI=1S/C13H14Cl2N2S/c1-8(10-3-5-16-6-4-10)17-9(2)11-7-12(14)18-13(11)15/h3-9,17H,1-2H3. The molecule has 2 atom stereocenters. The minimum atomic E-state index is 0.157. The lowest BCUT2D eigenvalue weighted by molar-refractivity contribution is 0.495. The topological polar surface area (TPSA) is 24.9 Å². The van der Waals surface area contributed by atoms with Gasteiger partial charge in [0, 0.05) is 24.5 Å². The van der Waals surface area contributed by atoms with Crippen LogP contribution in [-0.2, 0) is 0 Å². The van der Waals surface area contributed by atoms with Crippen molar-refractivity contribution in [2.45, 2.75) is 25.9 Å². The van der Waals surface area contributed by atoms with Gasteiger partial charge in [-0.05, 0) is 43.2 Å². The molecule has 1 N–H and O–H groups in total. The van der Waals surface area contributed by atoms with Crippen LogP contribution >= 0.6 is 34.5 Å². The van der Waals surface area contributed by atoms with Crippen molar-refractivity contribution in [2.24, 2.45) is 0 Å². The van der Waals surface area contributed by atoms with Crippen molar-refractivity contribution in [3.63, 3.8) is 0 Å². The summed E-state index contributed by atoms with van der Waals surface area (Å²) in [5.74, 6) is 0.